The van der Waals surface area contributed by atoms with Crippen molar-refractivity contribution in [2.24, 2.45) is 42.2 Å². The van der Waals surface area contributed by atoms with Gasteiger partial charge in [0, 0.05) is 36.7 Å². The number of furan rings is 2. The van der Waals surface area contributed by atoms with E-state index in [1.54, 1.807) is 92.9 Å². The van der Waals surface area contributed by atoms with E-state index in [9.17, 15) is 44.1 Å². The summed E-state index contributed by atoms with van der Waals surface area (Å²) in [5.41, 5.74) is 23.4. The van der Waals surface area contributed by atoms with Crippen molar-refractivity contribution in [1.29, 1.82) is 0 Å². The molecule has 3 aliphatic carbocycles. The molecule has 1 fully saturated rings. The van der Waals surface area contributed by atoms with Gasteiger partial charge in [0.25, 0.3) is 16.7 Å². The fraction of sp³-hybridized carbons (Fsp3) is 0.355. The number of aromatic carboxylic acids is 2. The van der Waals surface area contributed by atoms with Gasteiger partial charge in [-0.15, -0.1) is 42.0 Å². The molecule has 7 heterocycles. The van der Waals surface area contributed by atoms with Crippen LogP contribution in [-0.4, -0.2) is 166 Å². The molecular weight excluding hydrogens is 1630 g/mol. The maximum absolute atomic E-state index is 13.1. The monoisotopic (exact) mass is 1750 g/mol. The Morgan fingerprint density at radius 1 is 0.460 bits per heavy atom. The Labute approximate surface area is 734 Å². The Bertz CT molecular complexity index is 5660. The number of azo groups is 3. The number of aryl methyl sites for hydroxylation is 9. The molecule has 1 saturated heterocycles. The van der Waals surface area contributed by atoms with Gasteiger partial charge in [0.1, 0.15) is 34.2 Å². The number of nitrogens with one attached hydrogen (secondary N) is 4. The number of H-pyrrole nitrogens is 3. The average molecular weight is 1750 g/mol. The summed E-state index contributed by atoms with van der Waals surface area (Å²) in [5.74, 6) is -2.63. The predicted molar refractivity (Wildman–Crippen MR) is 490 cm³/mol. The number of fused-ring (bicyclic) bond motifs is 3. The number of benzene rings is 6. The summed E-state index contributed by atoms with van der Waals surface area (Å²) < 4.78 is 15.7. The van der Waals surface area contributed by atoms with Gasteiger partial charge in [-0.3, -0.25) is 34.5 Å². The number of carbonyl (C=O) groups is 3. The zero-order valence-electron chi connectivity index (χ0n) is 73.3. The lowest BCUT2D eigenvalue weighted by Gasteiger charge is -2.21. The first-order valence-corrected chi connectivity index (χ1v) is 43.1. The number of nitrogens with two attached hydrogens (primary N) is 2. The molecule has 0 unspecified atom stereocenters. The van der Waals surface area contributed by atoms with Crippen LogP contribution in [0, 0.1) is 20.8 Å². The average Bonchev–Trinajstić information content (AvgIpc) is 1.63. The van der Waals surface area contributed by atoms with E-state index < -0.39 is 11.9 Å². The molecular formula is C93H117N16O16S+. The third-order valence-electron chi connectivity index (χ3n) is 20.2. The van der Waals surface area contributed by atoms with Gasteiger partial charge in [0.2, 0.25) is 5.76 Å². The normalized spacial score (nSPS) is 13.0. The van der Waals surface area contributed by atoms with Crippen molar-refractivity contribution in [1.82, 2.24) is 34.7 Å². The van der Waals surface area contributed by atoms with E-state index in [-0.39, 0.29) is 110 Å². The van der Waals surface area contributed by atoms with Crippen LogP contribution in [-0.2, 0) is 38.5 Å². The van der Waals surface area contributed by atoms with Gasteiger partial charge >= 0.3 is 11.9 Å². The molecule has 16 rings (SSSR count). The number of phenolic OH excluding ortho intramolecular Hbond substituents is 3. The van der Waals surface area contributed by atoms with Crippen LogP contribution in [0.2, 0.25) is 0 Å². The Morgan fingerprint density at radius 2 is 0.849 bits per heavy atom. The van der Waals surface area contributed by atoms with Crippen molar-refractivity contribution in [3.8, 4) is 67.9 Å². The largest absolute Gasteiger partial charge is 0.505 e. The molecule has 0 radical (unpaired) electrons. The number of likely N-dealkylation sites (N-methyl/N-ethyl adjacent to an activating group) is 1. The molecule has 0 saturated carbocycles. The summed E-state index contributed by atoms with van der Waals surface area (Å²) in [5, 5.41) is 113. The number of carbonyl (C=O) groups excluding carboxylic acids is 1. The minimum atomic E-state index is -1.21. The quantitative estimate of drug-likeness (QED) is 0.0203. The zero-order chi connectivity index (χ0) is 91.7. The molecule has 33 heteroatoms. The molecule has 126 heavy (non-hydrogen) atoms. The van der Waals surface area contributed by atoms with Gasteiger partial charge in [-0.25, -0.2) is 23.6 Å². The SMILES string of the molecule is C1CCNCC1.CC.CC.CC(=O)c1ccc(-c2cccc(N=Nc3c(C)[nH]n(-c4ccc5c(c4)CCCC5)c3=O)c2O)o1.C[N+](C)(C)CCO.Cc1[nH]n(-c2ccc3c(c2)CCC3)c(=O)c1N=Nc1cccc(-c2csc(C(=O)O)c2)c1O.Cc1[nH]n(-c2ccc3c(c2)CCCC3)c(=O)c1N=Nc1cccc(-c2coc(C(=O)O)c2)c1O.NCCO.NCCO. The van der Waals surface area contributed by atoms with E-state index in [4.69, 9.17) is 45.8 Å². The Hall–Kier alpha value is -12.9. The number of Topliss-reactive ketones (excluding diaryl/α,β-unsaturated/α-hetero) is 1. The smallest absolute Gasteiger partial charge is 0.371 e. The fourth-order valence-corrected chi connectivity index (χ4v) is 14.4. The van der Waals surface area contributed by atoms with E-state index in [1.807, 2.05) is 58.0 Å². The number of aromatic nitrogens is 6. The van der Waals surface area contributed by atoms with Crippen LogP contribution in [0.15, 0.2) is 199 Å². The lowest BCUT2D eigenvalue weighted by atomic mass is 9.91. The van der Waals surface area contributed by atoms with Gasteiger partial charge in [-0.05, 0) is 247 Å². The molecule has 0 bridgehead atoms. The van der Waals surface area contributed by atoms with Gasteiger partial charge in [0.05, 0.1) is 86.9 Å². The van der Waals surface area contributed by atoms with E-state index in [0.29, 0.717) is 63.7 Å². The van der Waals surface area contributed by atoms with Crippen molar-refractivity contribution < 1.29 is 68.6 Å². The Morgan fingerprint density at radius 3 is 1.18 bits per heavy atom. The minimum absolute atomic E-state index is 0.0972. The molecule has 1 aliphatic heterocycles. The van der Waals surface area contributed by atoms with Gasteiger partial charge < -0.3 is 71.0 Å². The number of carboxylic acid groups (broad SMARTS) is 2. The molecule has 12 aromatic rings. The maximum Gasteiger partial charge on any atom is 0.371 e. The summed E-state index contributed by atoms with van der Waals surface area (Å²) in [4.78, 5) is 73.1. The van der Waals surface area contributed by atoms with E-state index in [2.05, 4.69) is 96.7 Å². The number of aromatic amines is 3. The standard InChI is InChI=1S/C26H24N4O4.C25H22N4O5.C24H20N4O4S.C5H14NO.C5H11N.2C2H7NO.2C2H6/c1-15-24(26(33)30(29-15)19-11-10-17-6-3-4-7-18(17)14-19)28-27-21-9-5-8-20(25(21)32)23-13-12-22(34-23)16(2)31;1-14-22(24(31)29(28-14)18-10-9-15-5-2-3-6-16(15)11-18)27-26-20-8-4-7-19(23(20)30)17-12-21(25(32)33)34-13-17;1-13-21(23(30)28(27-13)17-9-8-14-4-2-5-15(14)10-17)26-25-19-7-3-6-18(22(19)29)16-11-20(24(31)32)33-12-16;1-6(2,3)4-5-7;1-2-4-6-5-3-1;2*3-1-2-4;2*1-2/h5,8-14,29,32H,3-4,6-7H2,1-2H3;4,7-13,28,30H,2-3,5-6H2,1H3,(H,32,33);3,6-12,27,29H,2,4-5H2,1H3,(H,31,32);7H,4-5H2,1-3H3;6H,1-5H2;2*4H,1-3H2;2*1-2H3/q;;;+1;;;;;. The second-order valence-corrected chi connectivity index (χ2v) is 31.1. The number of piperidine rings is 1. The van der Waals surface area contributed by atoms with Crippen LogP contribution in [0.3, 0.4) is 0 Å². The van der Waals surface area contributed by atoms with Gasteiger partial charge in [-0.2, -0.15) is 0 Å². The molecule has 6 aromatic heterocycles. The fourth-order valence-electron chi connectivity index (χ4n) is 13.7. The Balaban J connectivity index is 0.000000205. The number of carboxylic acids is 2. The highest BCUT2D eigenvalue weighted by molar-refractivity contribution is 7.12. The number of rotatable bonds is 19. The summed E-state index contributed by atoms with van der Waals surface area (Å²) in [7, 11) is 6.16. The number of ketones is 1. The van der Waals surface area contributed by atoms with Crippen molar-refractivity contribution >= 4 is 63.2 Å². The van der Waals surface area contributed by atoms with Crippen molar-refractivity contribution in [3.05, 3.63) is 243 Å². The number of thiophene rings is 1. The molecule has 6 aromatic carbocycles. The van der Waals surface area contributed by atoms with Gasteiger partial charge in [0.15, 0.2) is 45.9 Å². The van der Waals surface area contributed by atoms with E-state index in [1.165, 1.54) is 118 Å². The summed E-state index contributed by atoms with van der Waals surface area (Å²) >= 11 is 1.08. The van der Waals surface area contributed by atoms with Crippen LogP contribution in [0.5, 0.6) is 17.2 Å². The van der Waals surface area contributed by atoms with Crippen LogP contribution in [0.1, 0.15) is 167 Å². The highest BCUT2D eigenvalue weighted by Crippen LogP contribution is 2.43. The topological polar surface area (TPSA) is 491 Å². The molecule has 0 amide bonds. The zero-order valence-corrected chi connectivity index (χ0v) is 74.1. The van der Waals surface area contributed by atoms with E-state index in [0.717, 1.165) is 97.2 Å². The number of aromatic hydroxyl groups is 3. The van der Waals surface area contributed by atoms with Crippen LogP contribution in [0.25, 0.3) is 50.6 Å². The Kier molecular flexibility index (Phi) is 37.9. The number of hydrogen-bond acceptors (Lipinski definition) is 24. The maximum atomic E-state index is 13.1. The highest BCUT2D eigenvalue weighted by atomic mass is 32.1. The molecule has 4 aliphatic rings. The van der Waals surface area contributed by atoms with Crippen molar-refractivity contribution in [2.45, 2.75) is 145 Å². The number of aliphatic hydroxyl groups is 3. The molecule has 670 valence electrons. The van der Waals surface area contributed by atoms with Crippen LogP contribution < -0.4 is 33.5 Å². The molecule has 16 N–H and O–H groups in total. The van der Waals surface area contributed by atoms with E-state index >= 15 is 0 Å². The van der Waals surface area contributed by atoms with Crippen molar-refractivity contribution in [2.75, 3.05) is 73.7 Å². The highest BCUT2D eigenvalue weighted by Gasteiger charge is 2.23. The summed E-state index contributed by atoms with van der Waals surface area (Å²) in [6.45, 7) is 19.2. The van der Waals surface area contributed by atoms with Crippen LogP contribution in [0.4, 0.5) is 34.1 Å². The third kappa shape index (κ3) is 26.4. The number of quaternary nitrogens is 1. The summed E-state index contributed by atoms with van der Waals surface area (Å²) in [6.07, 6.45) is 17.5. The first-order chi connectivity index (χ1) is 60.6. The van der Waals surface area contributed by atoms with Crippen LogP contribution >= 0.6 is 11.3 Å². The third-order valence-corrected chi connectivity index (χ3v) is 21.1. The number of para-hydroxylation sites is 3. The van der Waals surface area contributed by atoms with Gasteiger partial charge in [-0.1, -0.05) is 82.6 Å². The van der Waals surface area contributed by atoms with Crippen molar-refractivity contribution in [3.63, 3.8) is 0 Å². The number of nitrogens with zero attached hydrogens (tertiary/aromatic N) is 10. The number of phenols is 3. The number of aliphatic hydroxyl groups excluding tert-OH is 3. The predicted octanol–water partition coefficient (Wildman–Crippen LogP) is 17.3. The minimum Gasteiger partial charge on any atom is -0.505 e. The lowest BCUT2D eigenvalue weighted by molar-refractivity contribution is -0.870. The summed E-state index contributed by atoms with van der Waals surface area (Å²) in [6, 6.07) is 38.8. The second kappa shape index (κ2) is 48.4. The molecule has 0 spiro atoms. The first-order valence-electron chi connectivity index (χ1n) is 42.2. The lowest BCUT2D eigenvalue weighted by Crippen LogP contribution is -2.36. The first kappa shape index (κ1) is 98.6. The molecule has 32 nitrogen and oxygen atoms in total. The second-order valence-electron chi connectivity index (χ2n) is 30.2. The number of hydrogen-bond donors (Lipinski definition) is 14. The molecule has 0 atom stereocenters.